The monoisotopic (exact) mass is 393 g/mol. The SMILES string of the molecule is CC(CCNC(=O)CC12CC3CC(CC(C3)C1)C2)N1CCN(C)CC1.O=CO. The number of amides is 1. The third kappa shape index (κ3) is 5.47. The van der Waals surface area contributed by atoms with E-state index in [1.54, 1.807) is 0 Å². The van der Waals surface area contributed by atoms with Gasteiger partial charge in [0, 0.05) is 45.2 Å². The van der Waals surface area contributed by atoms with Gasteiger partial charge in [-0.25, -0.2) is 0 Å². The molecule has 4 bridgehead atoms. The number of hydrogen-bond acceptors (Lipinski definition) is 4. The number of carboxylic acid groups (broad SMARTS) is 1. The quantitative estimate of drug-likeness (QED) is 0.678. The van der Waals surface area contributed by atoms with Crippen molar-refractivity contribution in [3.8, 4) is 0 Å². The van der Waals surface area contributed by atoms with E-state index in [0.717, 1.165) is 37.1 Å². The van der Waals surface area contributed by atoms with Crippen LogP contribution in [0.2, 0.25) is 0 Å². The average Bonchev–Trinajstić information content (AvgIpc) is 2.61. The number of rotatable bonds is 6. The Morgan fingerprint density at radius 3 is 2.11 bits per heavy atom. The molecule has 4 aliphatic carbocycles. The lowest BCUT2D eigenvalue weighted by Crippen LogP contribution is -2.49. The van der Waals surface area contributed by atoms with Gasteiger partial charge in [-0.3, -0.25) is 14.5 Å². The van der Waals surface area contributed by atoms with E-state index < -0.39 is 0 Å². The molecule has 1 atom stereocenters. The number of carbonyl (C=O) groups is 2. The van der Waals surface area contributed by atoms with Crippen LogP contribution in [-0.4, -0.2) is 73.1 Å². The fourth-order valence-corrected chi connectivity index (χ4v) is 6.78. The van der Waals surface area contributed by atoms with Crippen LogP contribution in [0, 0.1) is 23.2 Å². The topological polar surface area (TPSA) is 72.9 Å². The van der Waals surface area contributed by atoms with Gasteiger partial charge in [0.2, 0.25) is 5.91 Å². The van der Waals surface area contributed by atoms with Gasteiger partial charge < -0.3 is 15.3 Å². The zero-order valence-corrected chi connectivity index (χ0v) is 17.7. The third-order valence-corrected chi connectivity index (χ3v) is 7.75. The van der Waals surface area contributed by atoms with E-state index in [0.29, 0.717) is 17.4 Å². The summed E-state index contributed by atoms with van der Waals surface area (Å²) in [5, 5.41) is 10.1. The molecule has 1 aliphatic heterocycles. The summed E-state index contributed by atoms with van der Waals surface area (Å²) in [5.41, 5.74) is 0.377. The van der Waals surface area contributed by atoms with Crippen molar-refractivity contribution >= 4 is 12.4 Å². The van der Waals surface area contributed by atoms with Crippen LogP contribution in [0.15, 0.2) is 0 Å². The molecule has 6 nitrogen and oxygen atoms in total. The minimum atomic E-state index is -0.250. The Morgan fingerprint density at radius 2 is 1.61 bits per heavy atom. The molecule has 5 fully saturated rings. The van der Waals surface area contributed by atoms with Crippen LogP contribution in [0.25, 0.3) is 0 Å². The van der Waals surface area contributed by atoms with Gasteiger partial charge in [0.15, 0.2) is 0 Å². The molecule has 1 unspecified atom stereocenters. The van der Waals surface area contributed by atoms with Crippen LogP contribution in [0.3, 0.4) is 0 Å². The zero-order valence-electron chi connectivity index (χ0n) is 17.7. The summed E-state index contributed by atoms with van der Waals surface area (Å²) in [5.74, 6) is 3.15. The van der Waals surface area contributed by atoms with Crippen LogP contribution in [-0.2, 0) is 9.59 Å². The van der Waals surface area contributed by atoms with E-state index in [4.69, 9.17) is 9.90 Å². The summed E-state index contributed by atoms with van der Waals surface area (Å²) >= 11 is 0. The minimum absolute atomic E-state index is 0.250. The lowest BCUT2D eigenvalue weighted by atomic mass is 9.49. The van der Waals surface area contributed by atoms with E-state index in [9.17, 15) is 4.79 Å². The van der Waals surface area contributed by atoms with Gasteiger partial charge in [0.1, 0.15) is 0 Å². The molecule has 1 amide bonds. The number of likely N-dealkylation sites (N-methyl/N-ethyl adjacent to an activating group) is 1. The molecule has 0 spiro atoms. The highest BCUT2D eigenvalue weighted by Gasteiger charge is 2.51. The summed E-state index contributed by atoms with van der Waals surface area (Å²) in [6, 6.07) is 0.577. The highest BCUT2D eigenvalue weighted by molar-refractivity contribution is 5.76. The molecule has 5 aliphatic rings. The number of nitrogens with one attached hydrogen (secondary N) is 1. The Kier molecular flexibility index (Phi) is 7.37. The summed E-state index contributed by atoms with van der Waals surface area (Å²) in [6.07, 6.45) is 10.3. The second-order valence-electron chi connectivity index (χ2n) is 10.0. The van der Waals surface area contributed by atoms with E-state index in [2.05, 4.69) is 29.1 Å². The van der Waals surface area contributed by atoms with Crippen molar-refractivity contribution in [3.63, 3.8) is 0 Å². The molecule has 2 N–H and O–H groups in total. The first-order valence-corrected chi connectivity index (χ1v) is 11.2. The van der Waals surface area contributed by atoms with Gasteiger partial charge in [-0.2, -0.15) is 0 Å². The molecule has 0 radical (unpaired) electrons. The highest BCUT2D eigenvalue weighted by Crippen LogP contribution is 2.61. The maximum Gasteiger partial charge on any atom is 0.290 e. The van der Waals surface area contributed by atoms with Crippen LogP contribution in [0.1, 0.15) is 58.3 Å². The molecule has 1 heterocycles. The Morgan fingerprint density at radius 1 is 1.11 bits per heavy atom. The second-order valence-corrected chi connectivity index (χ2v) is 10.0. The largest absolute Gasteiger partial charge is 0.483 e. The molecular formula is C22H39N3O3. The third-order valence-electron chi connectivity index (χ3n) is 7.75. The molecule has 0 aromatic carbocycles. The lowest BCUT2D eigenvalue weighted by molar-refractivity contribution is -0.129. The van der Waals surface area contributed by atoms with Gasteiger partial charge >= 0.3 is 0 Å². The predicted octanol–water partition coefficient (Wildman–Crippen LogP) is 2.44. The van der Waals surface area contributed by atoms with Crippen molar-refractivity contribution in [3.05, 3.63) is 0 Å². The molecule has 6 heteroatoms. The zero-order chi connectivity index (χ0) is 20.1. The Balaban J connectivity index is 0.000000706. The first kappa shape index (κ1) is 21.6. The number of nitrogens with zero attached hydrogens (tertiary/aromatic N) is 2. The van der Waals surface area contributed by atoms with Crippen LogP contribution in [0.4, 0.5) is 0 Å². The van der Waals surface area contributed by atoms with Crippen molar-refractivity contribution in [2.75, 3.05) is 39.8 Å². The maximum absolute atomic E-state index is 12.6. The Hall–Kier alpha value is -1.14. The molecule has 1 saturated heterocycles. The van der Waals surface area contributed by atoms with Gasteiger partial charge in [-0.05, 0) is 82.1 Å². The molecule has 5 rings (SSSR count). The standard InChI is InChI=1S/C21H37N3O.CH2O2/c1-16(24-7-5-23(2)6-8-24)3-4-22-20(25)15-21-12-17-9-18(13-21)11-19(10-17)14-21;2-1-3/h16-19H,3-15H2,1-2H3,(H,22,25);1H,(H,2,3). The molecule has 28 heavy (non-hydrogen) atoms. The van der Waals surface area contributed by atoms with E-state index in [1.165, 1.54) is 64.7 Å². The first-order chi connectivity index (χ1) is 13.4. The van der Waals surface area contributed by atoms with Gasteiger partial charge in [0.05, 0.1) is 0 Å². The van der Waals surface area contributed by atoms with E-state index >= 15 is 0 Å². The summed E-state index contributed by atoms with van der Waals surface area (Å²) < 4.78 is 0. The summed E-state index contributed by atoms with van der Waals surface area (Å²) in [4.78, 5) is 25.9. The number of carbonyl (C=O) groups excluding carboxylic acids is 1. The highest BCUT2D eigenvalue weighted by atomic mass is 16.3. The normalized spacial score (nSPS) is 35.7. The molecule has 0 aromatic heterocycles. The van der Waals surface area contributed by atoms with Crippen molar-refractivity contribution in [2.24, 2.45) is 23.2 Å². The van der Waals surface area contributed by atoms with Crippen LogP contribution >= 0.6 is 0 Å². The average molecular weight is 394 g/mol. The van der Waals surface area contributed by atoms with Crippen LogP contribution in [0.5, 0.6) is 0 Å². The fraction of sp³-hybridized carbons (Fsp3) is 0.909. The van der Waals surface area contributed by atoms with E-state index in [-0.39, 0.29) is 6.47 Å². The molecule has 0 aromatic rings. The molecular weight excluding hydrogens is 354 g/mol. The predicted molar refractivity (Wildman–Crippen MR) is 110 cm³/mol. The molecule has 4 saturated carbocycles. The second kappa shape index (κ2) is 9.57. The Labute approximate surface area is 170 Å². The first-order valence-electron chi connectivity index (χ1n) is 11.2. The molecule has 160 valence electrons. The van der Waals surface area contributed by atoms with Crippen molar-refractivity contribution < 1.29 is 14.7 Å². The van der Waals surface area contributed by atoms with Crippen molar-refractivity contribution in [2.45, 2.75) is 64.3 Å². The van der Waals surface area contributed by atoms with Gasteiger partial charge in [0.25, 0.3) is 6.47 Å². The van der Waals surface area contributed by atoms with Crippen LogP contribution < -0.4 is 5.32 Å². The smallest absolute Gasteiger partial charge is 0.290 e. The summed E-state index contributed by atoms with van der Waals surface area (Å²) in [6.45, 7) is 7.58. The number of hydrogen-bond donors (Lipinski definition) is 2. The van der Waals surface area contributed by atoms with E-state index in [1.807, 2.05) is 0 Å². The maximum atomic E-state index is 12.6. The van der Waals surface area contributed by atoms with Gasteiger partial charge in [-0.15, -0.1) is 0 Å². The van der Waals surface area contributed by atoms with Gasteiger partial charge in [-0.1, -0.05) is 0 Å². The lowest BCUT2D eigenvalue weighted by Gasteiger charge is -2.56. The Bertz CT molecular complexity index is 496. The van der Waals surface area contributed by atoms with Crippen molar-refractivity contribution in [1.82, 2.24) is 15.1 Å². The fourth-order valence-electron chi connectivity index (χ4n) is 6.78. The summed E-state index contributed by atoms with van der Waals surface area (Å²) in [7, 11) is 2.20. The number of piperazine rings is 1. The van der Waals surface area contributed by atoms with Crippen molar-refractivity contribution in [1.29, 1.82) is 0 Å². The minimum Gasteiger partial charge on any atom is -0.483 e.